The molecule has 1 aromatic heterocycles. The van der Waals surface area contributed by atoms with Gasteiger partial charge in [-0.25, -0.2) is 0 Å². The molecule has 0 saturated carbocycles. The molecule has 92 valence electrons. The van der Waals surface area contributed by atoms with Gasteiger partial charge in [-0.05, 0) is 54.8 Å². The third-order valence-electron chi connectivity index (χ3n) is 4.15. The standard InChI is InChI=1S/C16H18N2/c1-2-12-7-15(11-18-9-12)14-4-3-13-5-6-17-10-16(13)8-14/h1,7-9,11,13,16-17H,3-6,10H2/t13-,16+/m0/s1. The van der Waals surface area contributed by atoms with E-state index in [9.17, 15) is 0 Å². The summed E-state index contributed by atoms with van der Waals surface area (Å²) in [5, 5.41) is 3.49. The molecule has 0 amide bonds. The smallest absolute Gasteiger partial charge is 0.0432 e. The Morgan fingerprint density at radius 1 is 1.33 bits per heavy atom. The highest BCUT2D eigenvalue weighted by molar-refractivity contribution is 5.67. The predicted molar refractivity (Wildman–Crippen MR) is 73.8 cm³/mol. The number of fused-ring (bicyclic) bond motifs is 1. The summed E-state index contributed by atoms with van der Waals surface area (Å²) < 4.78 is 0. The van der Waals surface area contributed by atoms with Crippen molar-refractivity contribution in [1.29, 1.82) is 0 Å². The average molecular weight is 238 g/mol. The number of nitrogens with one attached hydrogen (secondary N) is 1. The maximum absolute atomic E-state index is 5.43. The van der Waals surface area contributed by atoms with Crippen LogP contribution in [0.25, 0.3) is 5.57 Å². The number of piperidine rings is 1. The van der Waals surface area contributed by atoms with E-state index in [1.165, 1.54) is 30.5 Å². The molecule has 2 atom stereocenters. The van der Waals surface area contributed by atoms with Crippen molar-refractivity contribution in [2.75, 3.05) is 13.1 Å². The van der Waals surface area contributed by atoms with E-state index in [1.807, 2.05) is 6.20 Å². The average Bonchev–Trinajstić information content (AvgIpc) is 2.47. The van der Waals surface area contributed by atoms with Crippen LogP contribution < -0.4 is 5.32 Å². The van der Waals surface area contributed by atoms with Gasteiger partial charge < -0.3 is 5.32 Å². The lowest BCUT2D eigenvalue weighted by Crippen LogP contribution is -2.37. The molecular weight excluding hydrogens is 220 g/mol. The molecule has 1 aliphatic heterocycles. The Hall–Kier alpha value is -1.59. The van der Waals surface area contributed by atoms with Crippen LogP contribution in [0.1, 0.15) is 30.4 Å². The fourth-order valence-corrected chi connectivity index (χ4v) is 3.11. The molecule has 2 heterocycles. The van der Waals surface area contributed by atoms with E-state index in [1.54, 1.807) is 6.20 Å². The van der Waals surface area contributed by atoms with Crippen LogP contribution in [0, 0.1) is 24.2 Å². The molecule has 0 aromatic carbocycles. The van der Waals surface area contributed by atoms with Gasteiger partial charge in [-0.2, -0.15) is 0 Å². The van der Waals surface area contributed by atoms with Gasteiger partial charge in [0.1, 0.15) is 0 Å². The lowest BCUT2D eigenvalue weighted by molar-refractivity contribution is 0.279. The molecule has 1 fully saturated rings. The molecule has 1 aliphatic carbocycles. The normalized spacial score (nSPS) is 26.9. The van der Waals surface area contributed by atoms with Crippen LogP contribution in [0.3, 0.4) is 0 Å². The number of hydrogen-bond donors (Lipinski definition) is 1. The maximum atomic E-state index is 5.43. The van der Waals surface area contributed by atoms with Crippen LogP contribution in [0.4, 0.5) is 0 Å². The molecule has 0 unspecified atom stereocenters. The van der Waals surface area contributed by atoms with Crippen molar-refractivity contribution >= 4 is 5.57 Å². The Bertz CT molecular complexity index is 510. The number of allylic oxidation sites excluding steroid dienone is 1. The second kappa shape index (κ2) is 4.96. The Morgan fingerprint density at radius 2 is 2.28 bits per heavy atom. The maximum Gasteiger partial charge on any atom is 0.0432 e. The summed E-state index contributed by atoms with van der Waals surface area (Å²) in [4.78, 5) is 4.24. The molecule has 0 bridgehead atoms. The van der Waals surface area contributed by atoms with Crippen LogP contribution in [0.5, 0.6) is 0 Å². The van der Waals surface area contributed by atoms with Gasteiger partial charge in [0.05, 0.1) is 0 Å². The Labute approximate surface area is 109 Å². The largest absolute Gasteiger partial charge is 0.316 e. The molecule has 2 heteroatoms. The van der Waals surface area contributed by atoms with Gasteiger partial charge in [0.15, 0.2) is 0 Å². The van der Waals surface area contributed by atoms with Crippen LogP contribution in [-0.2, 0) is 0 Å². The first-order valence-corrected chi connectivity index (χ1v) is 6.70. The van der Waals surface area contributed by atoms with Crippen LogP contribution >= 0.6 is 0 Å². The van der Waals surface area contributed by atoms with Crippen molar-refractivity contribution in [3.63, 3.8) is 0 Å². The van der Waals surface area contributed by atoms with E-state index >= 15 is 0 Å². The van der Waals surface area contributed by atoms with E-state index in [0.29, 0.717) is 5.92 Å². The first-order valence-electron chi connectivity index (χ1n) is 6.70. The van der Waals surface area contributed by atoms with E-state index in [0.717, 1.165) is 24.4 Å². The Balaban J connectivity index is 1.88. The third-order valence-corrected chi connectivity index (χ3v) is 4.15. The van der Waals surface area contributed by atoms with Gasteiger partial charge >= 0.3 is 0 Å². The van der Waals surface area contributed by atoms with Crippen molar-refractivity contribution in [1.82, 2.24) is 10.3 Å². The fourth-order valence-electron chi connectivity index (χ4n) is 3.11. The number of nitrogens with zero attached hydrogens (tertiary/aromatic N) is 1. The van der Waals surface area contributed by atoms with E-state index in [4.69, 9.17) is 6.42 Å². The zero-order valence-electron chi connectivity index (χ0n) is 10.5. The van der Waals surface area contributed by atoms with Crippen LogP contribution in [0.2, 0.25) is 0 Å². The fraction of sp³-hybridized carbons (Fsp3) is 0.438. The van der Waals surface area contributed by atoms with Gasteiger partial charge in [-0.3, -0.25) is 4.98 Å². The third kappa shape index (κ3) is 2.19. The van der Waals surface area contributed by atoms with Gasteiger partial charge in [-0.1, -0.05) is 12.0 Å². The molecule has 0 spiro atoms. The molecule has 1 N–H and O–H groups in total. The second-order valence-corrected chi connectivity index (χ2v) is 5.25. The van der Waals surface area contributed by atoms with Crippen molar-refractivity contribution < 1.29 is 0 Å². The molecule has 1 saturated heterocycles. The van der Waals surface area contributed by atoms with E-state index < -0.39 is 0 Å². The molecule has 2 aliphatic rings. The summed E-state index contributed by atoms with van der Waals surface area (Å²) in [5.41, 5.74) is 3.50. The van der Waals surface area contributed by atoms with Crippen molar-refractivity contribution in [2.24, 2.45) is 11.8 Å². The summed E-state index contributed by atoms with van der Waals surface area (Å²) in [7, 11) is 0. The lowest BCUT2D eigenvalue weighted by atomic mass is 9.76. The predicted octanol–water partition coefficient (Wildman–Crippen LogP) is 2.47. The summed E-state index contributed by atoms with van der Waals surface area (Å²) in [5.74, 6) is 4.23. The zero-order chi connectivity index (χ0) is 12.4. The Kier molecular flexibility index (Phi) is 3.17. The van der Waals surface area contributed by atoms with Gasteiger partial charge in [0, 0.05) is 24.5 Å². The summed E-state index contributed by atoms with van der Waals surface area (Å²) in [6.45, 7) is 2.30. The van der Waals surface area contributed by atoms with Crippen LogP contribution in [-0.4, -0.2) is 18.1 Å². The van der Waals surface area contributed by atoms with Crippen molar-refractivity contribution in [3.8, 4) is 12.3 Å². The number of rotatable bonds is 1. The summed E-state index contributed by atoms with van der Waals surface area (Å²) >= 11 is 0. The lowest BCUT2D eigenvalue weighted by Gasteiger charge is -2.34. The minimum absolute atomic E-state index is 0.692. The highest BCUT2D eigenvalue weighted by Crippen LogP contribution is 2.36. The molecule has 3 rings (SSSR count). The molecular formula is C16H18N2. The first kappa shape index (κ1) is 11.5. The van der Waals surface area contributed by atoms with Gasteiger partial charge in [0.2, 0.25) is 0 Å². The highest BCUT2D eigenvalue weighted by atomic mass is 14.9. The number of aromatic nitrogens is 1. The van der Waals surface area contributed by atoms with Crippen molar-refractivity contribution in [2.45, 2.75) is 19.3 Å². The topological polar surface area (TPSA) is 24.9 Å². The summed E-state index contributed by atoms with van der Waals surface area (Å²) in [6.07, 6.45) is 15.3. The number of pyridine rings is 1. The molecule has 2 nitrogen and oxygen atoms in total. The highest BCUT2D eigenvalue weighted by Gasteiger charge is 2.27. The quantitative estimate of drug-likeness (QED) is 0.760. The number of hydrogen-bond acceptors (Lipinski definition) is 2. The summed E-state index contributed by atoms with van der Waals surface area (Å²) in [6, 6.07) is 2.08. The molecule has 18 heavy (non-hydrogen) atoms. The van der Waals surface area contributed by atoms with Crippen LogP contribution in [0.15, 0.2) is 24.5 Å². The molecule has 1 aromatic rings. The minimum atomic E-state index is 0.692. The Morgan fingerprint density at radius 3 is 3.17 bits per heavy atom. The SMILES string of the molecule is C#Cc1cncc(C2=C[C@@H]3CNCC[C@@H]3CC2)c1. The second-order valence-electron chi connectivity index (χ2n) is 5.25. The van der Waals surface area contributed by atoms with E-state index in [2.05, 4.69) is 28.4 Å². The minimum Gasteiger partial charge on any atom is -0.316 e. The van der Waals surface area contributed by atoms with Gasteiger partial charge in [-0.15, -0.1) is 6.42 Å². The number of terminal acetylenes is 1. The van der Waals surface area contributed by atoms with Crippen molar-refractivity contribution in [3.05, 3.63) is 35.7 Å². The van der Waals surface area contributed by atoms with Gasteiger partial charge in [0.25, 0.3) is 0 Å². The first-order chi connectivity index (χ1) is 8.86. The zero-order valence-corrected chi connectivity index (χ0v) is 10.5. The molecule has 0 radical (unpaired) electrons. The van der Waals surface area contributed by atoms with E-state index in [-0.39, 0.29) is 0 Å². The monoisotopic (exact) mass is 238 g/mol.